The van der Waals surface area contributed by atoms with E-state index in [9.17, 15) is 26.8 Å². The SMILES string of the molecule is CC(F)(F)COc1cc(N2C(=O)C(C)(C)c3cc(C(=O)CC4(C)CCS(=O)(=O)CC4)ccc32)ncn1. The molecule has 1 saturated heterocycles. The number of sulfone groups is 1. The standard InChI is InChI=1S/C25H29F2N3O5S/c1-23(2)17-11-16(19(31)13-24(3)7-9-36(33,34)10-8-24)5-6-18(17)30(22(23)32)20-12-21(29-15-28-20)35-14-25(4,26)27/h5-6,11-12,15H,7-10,13-14H2,1-4H3. The van der Waals surface area contributed by atoms with E-state index < -0.39 is 33.2 Å². The molecule has 0 saturated carbocycles. The van der Waals surface area contributed by atoms with E-state index in [1.165, 1.54) is 11.0 Å². The van der Waals surface area contributed by atoms with Gasteiger partial charge in [-0.05, 0) is 55.9 Å². The predicted molar refractivity (Wildman–Crippen MR) is 130 cm³/mol. The maximum Gasteiger partial charge on any atom is 0.278 e. The molecular weight excluding hydrogens is 492 g/mol. The second-order valence-electron chi connectivity index (χ2n) is 10.6. The highest BCUT2D eigenvalue weighted by molar-refractivity contribution is 7.91. The number of aromatic nitrogens is 2. The topological polar surface area (TPSA) is 107 Å². The summed E-state index contributed by atoms with van der Waals surface area (Å²) in [5.41, 5.74) is 0.239. The minimum atomic E-state index is -3.05. The molecule has 0 unspecified atom stereocenters. The van der Waals surface area contributed by atoms with Gasteiger partial charge in [-0.2, -0.15) is 0 Å². The van der Waals surface area contributed by atoms with Crippen LogP contribution in [-0.4, -0.2) is 54.1 Å². The predicted octanol–water partition coefficient (Wildman–Crippen LogP) is 4.25. The number of benzene rings is 1. The van der Waals surface area contributed by atoms with Gasteiger partial charge in [-0.15, -0.1) is 0 Å². The second-order valence-corrected chi connectivity index (χ2v) is 12.9. The quantitative estimate of drug-likeness (QED) is 0.501. The Morgan fingerprint density at radius 2 is 1.81 bits per heavy atom. The summed E-state index contributed by atoms with van der Waals surface area (Å²) in [6.07, 6.45) is 2.23. The molecule has 0 spiro atoms. The average Bonchev–Trinajstić information content (AvgIpc) is 2.99. The zero-order valence-corrected chi connectivity index (χ0v) is 21.5. The van der Waals surface area contributed by atoms with Crippen molar-refractivity contribution in [1.82, 2.24) is 9.97 Å². The van der Waals surface area contributed by atoms with Gasteiger partial charge in [-0.3, -0.25) is 14.5 Å². The zero-order chi connectivity index (χ0) is 26.5. The van der Waals surface area contributed by atoms with Gasteiger partial charge < -0.3 is 4.74 Å². The van der Waals surface area contributed by atoms with Gasteiger partial charge in [0.15, 0.2) is 12.4 Å². The summed E-state index contributed by atoms with van der Waals surface area (Å²) < 4.78 is 55.1. The number of hydrogen-bond acceptors (Lipinski definition) is 7. The minimum Gasteiger partial charge on any atom is -0.471 e. The maximum atomic E-state index is 13.4. The van der Waals surface area contributed by atoms with Crippen LogP contribution in [-0.2, 0) is 20.0 Å². The number of alkyl halides is 2. The van der Waals surface area contributed by atoms with Crippen molar-refractivity contribution in [3.05, 3.63) is 41.7 Å². The van der Waals surface area contributed by atoms with Crippen molar-refractivity contribution in [2.24, 2.45) is 5.41 Å². The average molecular weight is 522 g/mol. The molecule has 2 aromatic rings. The summed E-state index contributed by atoms with van der Waals surface area (Å²) in [5, 5.41) is 0. The lowest BCUT2D eigenvalue weighted by molar-refractivity contribution is -0.121. The van der Waals surface area contributed by atoms with Gasteiger partial charge in [0, 0.05) is 25.0 Å². The normalized spacial score (nSPS) is 20.2. The van der Waals surface area contributed by atoms with Crippen LogP contribution in [0, 0.1) is 5.41 Å². The first kappa shape index (κ1) is 26.1. The van der Waals surface area contributed by atoms with Crippen molar-refractivity contribution in [3.63, 3.8) is 0 Å². The lowest BCUT2D eigenvalue weighted by Gasteiger charge is -2.32. The second kappa shape index (κ2) is 8.86. The van der Waals surface area contributed by atoms with Crippen LogP contribution in [0.2, 0.25) is 0 Å². The molecule has 1 fully saturated rings. The van der Waals surface area contributed by atoms with Crippen LogP contribution in [0.3, 0.4) is 0 Å². The van der Waals surface area contributed by atoms with Gasteiger partial charge in [0.05, 0.1) is 22.6 Å². The molecule has 194 valence electrons. The summed E-state index contributed by atoms with van der Waals surface area (Å²) in [4.78, 5) is 35.9. The lowest BCUT2D eigenvalue weighted by atomic mass is 9.78. The van der Waals surface area contributed by atoms with E-state index >= 15 is 0 Å². The smallest absolute Gasteiger partial charge is 0.278 e. The highest BCUT2D eigenvalue weighted by atomic mass is 32.2. The highest BCUT2D eigenvalue weighted by Crippen LogP contribution is 2.46. The van der Waals surface area contributed by atoms with Gasteiger partial charge in [0.2, 0.25) is 11.8 Å². The summed E-state index contributed by atoms with van der Waals surface area (Å²) in [7, 11) is -3.04. The summed E-state index contributed by atoms with van der Waals surface area (Å²) in [6.45, 7) is 5.28. The first-order chi connectivity index (χ1) is 16.6. The number of hydrogen-bond donors (Lipinski definition) is 0. The number of carbonyl (C=O) groups excluding carboxylic acids is 2. The Hall–Kier alpha value is -2.95. The number of ether oxygens (including phenoxy) is 1. The fourth-order valence-electron chi connectivity index (χ4n) is 4.57. The molecule has 0 bridgehead atoms. The van der Waals surface area contributed by atoms with E-state index in [1.807, 2.05) is 6.92 Å². The Balaban J connectivity index is 1.60. The van der Waals surface area contributed by atoms with E-state index in [0.29, 0.717) is 29.7 Å². The van der Waals surface area contributed by atoms with Gasteiger partial charge >= 0.3 is 0 Å². The Kier molecular flexibility index (Phi) is 6.43. The highest BCUT2D eigenvalue weighted by Gasteiger charge is 2.46. The number of ketones is 1. The fraction of sp³-hybridized carbons (Fsp3) is 0.520. The van der Waals surface area contributed by atoms with E-state index in [2.05, 4.69) is 9.97 Å². The molecule has 3 heterocycles. The van der Waals surface area contributed by atoms with Crippen molar-refractivity contribution >= 4 is 33.0 Å². The number of nitrogens with zero attached hydrogens (tertiary/aromatic N) is 3. The molecular formula is C25H29F2N3O5S. The Morgan fingerprint density at radius 3 is 2.44 bits per heavy atom. The largest absolute Gasteiger partial charge is 0.471 e. The number of amides is 1. The van der Waals surface area contributed by atoms with Crippen molar-refractivity contribution in [3.8, 4) is 5.88 Å². The molecule has 4 rings (SSSR count). The monoisotopic (exact) mass is 521 g/mol. The van der Waals surface area contributed by atoms with E-state index in [1.54, 1.807) is 32.0 Å². The molecule has 0 radical (unpaired) electrons. The van der Waals surface area contributed by atoms with Gasteiger partial charge in [0.25, 0.3) is 5.92 Å². The summed E-state index contributed by atoms with van der Waals surface area (Å²) in [5.74, 6) is -3.21. The van der Waals surface area contributed by atoms with Crippen molar-refractivity contribution in [2.75, 3.05) is 23.0 Å². The van der Waals surface area contributed by atoms with E-state index in [-0.39, 0.29) is 41.3 Å². The third-order valence-corrected chi connectivity index (χ3v) is 8.57. The summed E-state index contributed by atoms with van der Waals surface area (Å²) >= 11 is 0. The van der Waals surface area contributed by atoms with Crippen molar-refractivity contribution in [2.45, 2.75) is 58.3 Å². The molecule has 1 aromatic heterocycles. The van der Waals surface area contributed by atoms with Crippen LogP contribution >= 0.6 is 0 Å². The van der Waals surface area contributed by atoms with Crippen LogP contribution in [0.25, 0.3) is 0 Å². The van der Waals surface area contributed by atoms with E-state index in [4.69, 9.17) is 4.74 Å². The Morgan fingerprint density at radius 1 is 1.14 bits per heavy atom. The van der Waals surface area contributed by atoms with Crippen LogP contribution < -0.4 is 9.64 Å². The third-order valence-electron chi connectivity index (χ3n) is 6.92. The number of Topliss-reactive ketones (excluding diaryl/α,β-unsaturated/α-hetero) is 1. The molecule has 2 aliphatic heterocycles. The summed E-state index contributed by atoms with van der Waals surface area (Å²) in [6, 6.07) is 6.34. The molecule has 36 heavy (non-hydrogen) atoms. The maximum absolute atomic E-state index is 13.4. The van der Waals surface area contributed by atoms with Gasteiger partial charge in [-0.1, -0.05) is 6.92 Å². The number of carbonyl (C=O) groups is 2. The number of fused-ring (bicyclic) bond motifs is 1. The van der Waals surface area contributed by atoms with Gasteiger partial charge in [-0.25, -0.2) is 27.2 Å². The van der Waals surface area contributed by atoms with Crippen LogP contribution in [0.4, 0.5) is 20.3 Å². The molecule has 1 aromatic carbocycles. The molecule has 1 amide bonds. The molecule has 0 aliphatic carbocycles. The Labute approximate surface area is 209 Å². The molecule has 2 aliphatic rings. The van der Waals surface area contributed by atoms with Gasteiger partial charge in [0.1, 0.15) is 22.0 Å². The zero-order valence-electron chi connectivity index (χ0n) is 20.7. The molecule has 8 nitrogen and oxygen atoms in total. The number of halogens is 2. The van der Waals surface area contributed by atoms with E-state index in [0.717, 1.165) is 13.3 Å². The fourth-order valence-corrected chi connectivity index (χ4v) is 6.38. The molecule has 11 heteroatoms. The van der Waals surface area contributed by atoms with Crippen molar-refractivity contribution < 1.29 is 31.5 Å². The number of anilines is 2. The van der Waals surface area contributed by atoms with Crippen LogP contribution in [0.5, 0.6) is 5.88 Å². The van der Waals surface area contributed by atoms with Crippen LogP contribution in [0.1, 0.15) is 62.9 Å². The minimum absolute atomic E-state index is 0.0813. The first-order valence-corrected chi connectivity index (χ1v) is 13.5. The lowest BCUT2D eigenvalue weighted by Crippen LogP contribution is -2.33. The first-order valence-electron chi connectivity index (χ1n) is 11.7. The molecule has 0 atom stereocenters. The Bertz CT molecular complexity index is 1310. The molecule has 0 N–H and O–H groups in total. The third kappa shape index (κ3) is 5.25. The number of rotatable bonds is 7. The van der Waals surface area contributed by atoms with Crippen LogP contribution in [0.15, 0.2) is 30.6 Å². The van der Waals surface area contributed by atoms with Crippen molar-refractivity contribution in [1.29, 1.82) is 0 Å².